The molecule has 4 rings (SSSR count). The second-order valence-corrected chi connectivity index (χ2v) is 8.30. The van der Waals surface area contributed by atoms with Gasteiger partial charge >= 0.3 is 0 Å². The molecule has 3 fully saturated rings. The fourth-order valence-electron chi connectivity index (χ4n) is 5.02. The van der Waals surface area contributed by atoms with E-state index in [0.29, 0.717) is 18.3 Å². The number of amides is 1. The van der Waals surface area contributed by atoms with Crippen LogP contribution in [0.4, 0.5) is 0 Å². The van der Waals surface area contributed by atoms with Gasteiger partial charge < -0.3 is 14.7 Å². The van der Waals surface area contributed by atoms with E-state index in [0.717, 1.165) is 57.4 Å². The van der Waals surface area contributed by atoms with Crippen LogP contribution in [0.3, 0.4) is 0 Å². The Labute approximate surface area is 150 Å². The van der Waals surface area contributed by atoms with Gasteiger partial charge in [-0.15, -0.1) is 0 Å². The third-order valence-electron chi connectivity index (χ3n) is 6.37. The zero-order valence-corrected chi connectivity index (χ0v) is 14.9. The van der Waals surface area contributed by atoms with Crippen LogP contribution in [0.5, 0.6) is 5.75 Å². The van der Waals surface area contributed by atoms with Gasteiger partial charge in [-0.05, 0) is 49.7 Å². The number of carbonyl (C=O) groups excluding carboxylic acids is 1. The van der Waals surface area contributed by atoms with Gasteiger partial charge in [-0.25, -0.2) is 0 Å². The summed E-state index contributed by atoms with van der Waals surface area (Å²) in [5.74, 6) is 2.21. The highest BCUT2D eigenvalue weighted by molar-refractivity contribution is 5.77. The van der Waals surface area contributed by atoms with Crippen molar-refractivity contribution in [2.45, 2.75) is 63.1 Å². The molecule has 1 amide bonds. The highest BCUT2D eigenvalue weighted by Gasteiger charge is 2.44. The molecule has 0 spiro atoms. The Kier molecular flexibility index (Phi) is 4.72. The molecule has 2 saturated carbocycles. The number of hydrogen-bond acceptors (Lipinski definition) is 3. The monoisotopic (exact) mass is 343 g/mol. The Hall–Kier alpha value is -1.55. The highest BCUT2D eigenvalue weighted by Crippen LogP contribution is 2.40. The summed E-state index contributed by atoms with van der Waals surface area (Å²) in [5.41, 5.74) is -0.744. The van der Waals surface area contributed by atoms with E-state index in [1.165, 1.54) is 6.42 Å². The number of fused-ring (bicyclic) bond motifs is 1. The molecule has 136 valence electrons. The van der Waals surface area contributed by atoms with E-state index >= 15 is 0 Å². The maximum atomic E-state index is 12.7. The van der Waals surface area contributed by atoms with Crippen LogP contribution in [0.15, 0.2) is 30.3 Å². The minimum atomic E-state index is -0.744. The Bertz CT molecular complexity index is 582. The minimum absolute atomic E-state index is 0.152. The fourth-order valence-corrected chi connectivity index (χ4v) is 5.02. The molecule has 1 unspecified atom stereocenters. The standard InChI is InChI=1S/C21H29NO3/c23-20(13-21(24)9-5-2-6-10-21)22-14-16-11-19(12-17(16)15-22)25-18-7-3-1-4-8-18/h1,3-4,7-8,16-17,19,24H,2,5-6,9-15H2/t16-,17+,19?. The summed E-state index contributed by atoms with van der Waals surface area (Å²) in [5, 5.41) is 10.6. The van der Waals surface area contributed by atoms with E-state index < -0.39 is 5.60 Å². The molecular formula is C21H29NO3. The quantitative estimate of drug-likeness (QED) is 0.912. The average Bonchev–Trinajstić information content (AvgIpc) is 3.14. The third-order valence-corrected chi connectivity index (χ3v) is 6.37. The van der Waals surface area contributed by atoms with Crippen LogP contribution in [0.1, 0.15) is 51.4 Å². The Morgan fingerprint density at radius 2 is 1.72 bits per heavy atom. The summed E-state index contributed by atoms with van der Waals surface area (Å²) >= 11 is 0. The summed E-state index contributed by atoms with van der Waals surface area (Å²) in [6, 6.07) is 10.0. The summed E-state index contributed by atoms with van der Waals surface area (Å²) in [7, 11) is 0. The molecule has 1 aromatic carbocycles. The van der Waals surface area contributed by atoms with Crippen molar-refractivity contribution in [3.63, 3.8) is 0 Å². The minimum Gasteiger partial charge on any atom is -0.490 e. The predicted octanol–water partition coefficient (Wildman–Crippen LogP) is 3.39. The number of para-hydroxylation sites is 1. The van der Waals surface area contributed by atoms with E-state index in [9.17, 15) is 9.90 Å². The van der Waals surface area contributed by atoms with Crippen LogP contribution in [0.25, 0.3) is 0 Å². The number of nitrogens with zero attached hydrogens (tertiary/aromatic N) is 1. The zero-order valence-electron chi connectivity index (χ0n) is 14.9. The summed E-state index contributed by atoms with van der Waals surface area (Å²) in [6.45, 7) is 1.68. The summed E-state index contributed by atoms with van der Waals surface area (Å²) in [6.07, 6.45) is 7.52. The second-order valence-electron chi connectivity index (χ2n) is 8.30. The largest absolute Gasteiger partial charge is 0.490 e. The Morgan fingerprint density at radius 1 is 1.08 bits per heavy atom. The van der Waals surface area contributed by atoms with Crippen molar-refractivity contribution in [3.8, 4) is 5.75 Å². The molecule has 25 heavy (non-hydrogen) atoms. The van der Waals surface area contributed by atoms with Gasteiger partial charge in [-0.3, -0.25) is 4.79 Å². The molecule has 1 saturated heterocycles. The molecule has 3 aliphatic rings. The highest BCUT2D eigenvalue weighted by atomic mass is 16.5. The smallest absolute Gasteiger partial charge is 0.225 e. The van der Waals surface area contributed by atoms with Crippen molar-refractivity contribution in [3.05, 3.63) is 30.3 Å². The van der Waals surface area contributed by atoms with Crippen molar-refractivity contribution < 1.29 is 14.6 Å². The first-order valence-corrected chi connectivity index (χ1v) is 9.83. The van der Waals surface area contributed by atoms with E-state index in [1.807, 2.05) is 35.2 Å². The van der Waals surface area contributed by atoms with Gasteiger partial charge in [-0.1, -0.05) is 37.5 Å². The number of likely N-dealkylation sites (tertiary alicyclic amines) is 1. The topological polar surface area (TPSA) is 49.8 Å². The first-order valence-electron chi connectivity index (χ1n) is 9.83. The maximum Gasteiger partial charge on any atom is 0.225 e. The lowest BCUT2D eigenvalue weighted by atomic mass is 9.82. The zero-order chi connectivity index (χ0) is 17.3. The Morgan fingerprint density at radius 3 is 2.36 bits per heavy atom. The molecule has 0 aromatic heterocycles. The summed E-state index contributed by atoms with van der Waals surface area (Å²) in [4.78, 5) is 14.7. The molecule has 1 aromatic rings. The lowest BCUT2D eigenvalue weighted by Gasteiger charge is -2.33. The van der Waals surface area contributed by atoms with Crippen LogP contribution < -0.4 is 4.74 Å². The average molecular weight is 343 g/mol. The van der Waals surface area contributed by atoms with Gasteiger partial charge in [0, 0.05) is 13.1 Å². The number of rotatable bonds is 4. The molecule has 0 radical (unpaired) electrons. The van der Waals surface area contributed by atoms with Crippen molar-refractivity contribution >= 4 is 5.91 Å². The number of hydrogen-bond donors (Lipinski definition) is 1. The maximum absolute atomic E-state index is 12.7. The third kappa shape index (κ3) is 3.84. The van der Waals surface area contributed by atoms with Crippen LogP contribution in [-0.2, 0) is 4.79 Å². The lowest BCUT2D eigenvalue weighted by Crippen LogP contribution is -2.40. The number of aliphatic hydroxyl groups is 1. The van der Waals surface area contributed by atoms with Crippen LogP contribution in [0, 0.1) is 11.8 Å². The lowest BCUT2D eigenvalue weighted by molar-refractivity contribution is -0.137. The van der Waals surface area contributed by atoms with Crippen molar-refractivity contribution in [2.75, 3.05) is 13.1 Å². The van der Waals surface area contributed by atoms with Crippen LogP contribution in [-0.4, -0.2) is 40.7 Å². The predicted molar refractivity (Wildman–Crippen MR) is 96.3 cm³/mol. The van der Waals surface area contributed by atoms with Gasteiger partial charge in [0.1, 0.15) is 5.75 Å². The van der Waals surface area contributed by atoms with E-state index in [1.54, 1.807) is 0 Å². The molecule has 1 N–H and O–H groups in total. The van der Waals surface area contributed by atoms with Crippen LogP contribution in [0.2, 0.25) is 0 Å². The van der Waals surface area contributed by atoms with Gasteiger partial charge in [0.05, 0.1) is 18.1 Å². The summed E-state index contributed by atoms with van der Waals surface area (Å²) < 4.78 is 6.10. The number of ether oxygens (including phenoxy) is 1. The normalized spacial score (nSPS) is 30.9. The molecule has 1 aliphatic heterocycles. The second kappa shape index (κ2) is 6.99. The van der Waals surface area contributed by atoms with Gasteiger partial charge in [0.15, 0.2) is 0 Å². The Balaban J connectivity index is 1.28. The molecule has 2 aliphatic carbocycles. The van der Waals surface area contributed by atoms with Gasteiger partial charge in [0.25, 0.3) is 0 Å². The van der Waals surface area contributed by atoms with Crippen LogP contribution >= 0.6 is 0 Å². The van der Waals surface area contributed by atoms with E-state index in [-0.39, 0.29) is 12.0 Å². The molecule has 0 bridgehead atoms. The number of benzene rings is 1. The molecular weight excluding hydrogens is 314 g/mol. The van der Waals surface area contributed by atoms with Gasteiger partial charge in [0.2, 0.25) is 5.91 Å². The molecule has 1 heterocycles. The van der Waals surface area contributed by atoms with Crippen molar-refractivity contribution in [2.24, 2.45) is 11.8 Å². The fraction of sp³-hybridized carbons (Fsp3) is 0.667. The number of carbonyl (C=O) groups is 1. The molecule has 4 heteroatoms. The first-order chi connectivity index (χ1) is 12.1. The molecule has 4 nitrogen and oxygen atoms in total. The molecule has 3 atom stereocenters. The van der Waals surface area contributed by atoms with Crippen molar-refractivity contribution in [1.29, 1.82) is 0 Å². The van der Waals surface area contributed by atoms with E-state index in [2.05, 4.69) is 0 Å². The SMILES string of the molecule is O=C(CC1(O)CCCCC1)N1C[C@H]2CC(Oc3ccccc3)C[C@H]2C1. The van der Waals surface area contributed by atoms with Gasteiger partial charge in [-0.2, -0.15) is 0 Å². The first kappa shape index (κ1) is 16.9. The van der Waals surface area contributed by atoms with E-state index in [4.69, 9.17) is 4.74 Å². The van der Waals surface area contributed by atoms with Crippen molar-refractivity contribution in [1.82, 2.24) is 4.90 Å².